The lowest BCUT2D eigenvalue weighted by atomic mass is 9.96. The maximum atomic E-state index is 12.6. The van der Waals surface area contributed by atoms with Crippen molar-refractivity contribution < 1.29 is 14.4 Å². The van der Waals surface area contributed by atoms with Crippen LogP contribution in [0.25, 0.3) is 0 Å². The first-order valence-corrected chi connectivity index (χ1v) is 9.52. The second kappa shape index (κ2) is 7.97. The first-order valence-electron chi connectivity index (χ1n) is 8.26. The average Bonchev–Trinajstić information content (AvgIpc) is 3.11. The SMILES string of the molecule is CC(=O)c1csc(NC(=O)C2CCCN(C(=O)c3ccc(Cl)cc3)C2)n1. The number of amides is 2. The van der Waals surface area contributed by atoms with E-state index in [0.29, 0.717) is 40.9 Å². The first kappa shape index (κ1) is 18.5. The van der Waals surface area contributed by atoms with Crippen LogP contribution in [0.15, 0.2) is 29.6 Å². The molecule has 0 bridgehead atoms. The Labute approximate surface area is 160 Å². The second-order valence-electron chi connectivity index (χ2n) is 6.18. The minimum atomic E-state index is -0.301. The highest BCUT2D eigenvalue weighted by molar-refractivity contribution is 7.14. The normalized spacial score (nSPS) is 17.0. The van der Waals surface area contributed by atoms with Crippen molar-refractivity contribution >= 4 is 45.7 Å². The van der Waals surface area contributed by atoms with Crippen molar-refractivity contribution in [2.24, 2.45) is 5.92 Å². The Balaban J connectivity index is 1.63. The third kappa shape index (κ3) is 4.28. The van der Waals surface area contributed by atoms with Gasteiger partial charge < -0.3 is 10.2 Å². The number of Topliss-reactive ketones (excluding diaryl/α,β-unsaturated/α-hetero) is 1. The van der Waals surface area contributed by atoms with E-state index in [1.54, 1.807) is 34.5 Å². The van der Waals surface area contributed by atoms with Gasteiger partial charge in [-0.15, -0.1) is 11.3 Å². The maximum Gasteiger partial charge on any atom is 0.253 e. The van der Waals surface area contributed by atoms with Crippen LogP contribution < -0.4 is 5.32 Å². The number of carbonyl (C=O) groups excluding carboxylic acids is 3. The van der Waals surface area contributed by atoms with Gasteiger partial charge in [-0.1, -0.05) is 11.6 Å². The Hall–Kier alpha value is -2.25. The van der Waals surface area contributed by atoms with Crippen molar-refractivity contribution in [3.05, 3.63) is 45.9 Å². The third-order valence-electron chi connectivity index (χ3n) is 4.27. The van der Waals surface area contributed by atoms with Gasteiger partial charge in [0.1, 0.15) is 5.69 Å². The van der Waals surface area contributed by atoms with Gasteiger partial charge in [-0.2, -0.15) is 0 Å². The molecular weight excluding hydrogens is 374 g/mol. The lowest BCUT2D eigenvalue weighted by Gasteiger charge is -2.32. The number of nitrogens with one attached hydrogen (secondary N) is 1. The smallest absolute Gasteiger partial charge is 0.253 e. The zero-order valence-electron chi connectivity index (χ0n) is 14.2. The minimum absolute atomic E-state index is 0.104. The van der Waals surface area contributed by atoms with Crippen LogP contribution >= 0.6 is 22.9 Å². The number of nitrogens with zero attached hydrogens (tertiary/aromatic N) is 2. The maximum absolute atomic E-state index is 12.6. The number of hydrogen-bond donors (Lipinski definition) is 1. The summed E-state index contributed by atoms with van der Waals surface area (Å²) in [6, 6.07) is 6.73. The van der Waals surface area contributed by atoms with Crippen LogP contribution in [0.5, 0.6) is 0 Å². The molecule has 1 atom stereocenters. The molecule has 1 saturated heterocycles. The molecule has 1 N–H and O–H groups in total. The zero-order valence-corrected chi connectivity index (χ0v) is 15.8. The van der Waals surface area contributed by atoms with E-state index >= 15 is 0 Å². The fourth-order valence-corrected chi connectivity index (χ4v) is 3.73. The molecule has 136 valence electrons. The van der Waals surface area contributed by atoms with Crippen molar-refractivity contribution in [1.82, 2.24) is 9.88 Å². The molecule has 6 nitrogen and oxygen atoms in total. The Kier molecular flexibility index (Phi) is 5.68. The van der Waals surface area contributed by atoms with Gasteiger partial charge in [0, 0.05) is 36.0 Å². The van der Waals surface area contributed by atoms with Crippen LogP contribution in [0.3, 0.4) is 0 Å². The van der Waals surface area contributed by atoms with Gasteiger partial charge in [0.2, 0.25) is 5.91 Å². The number of piperidine rings is 1. The highest BCUT2D eigenvalue weighted by atomic mass is 35.5. The van der Waals surface area contributed by atoms with Gasteiger partial charge >= 0.3 is 0 Å². The quantitative estimate of drug-likeness (QED) is 0.809. The predicted molar refractivity (Wildman–Crippen MR) is 101 cm³/mol. The summed E-state index contributed by atoms with van der Waals surface area (Å²) >= 11 is 7.08. The van der Waals surface area contributed by atoms with Crippen LogP contribution in [0.2, 0.25) is 5.02 Å². The molecule has 0 radical (unpaired) electrons. The molecule has 0 saturated carbocycles. The largest absolute Gasteiger partial charge is 0.338 e. The summed E-state index contributed by atoms with van der Waals surface area (Å²) in [6.07, 6.45) is 1.47. The van der Waals surface area contributed by atoms with Gasteiger partial charge in [-0.05, 0) is 37.1 Å². The highest BCUT2D eigenvalue weighted by Crippen LogP contribution is 2.22. The predicted octanol–water partition coefficient (Wildman–Crippen LogP) is 3.49. The molecule has 3 rings (SSSR count). The van der Waals surface area contributed by atoms with E-state index in [1.165, 1.54) is 18.3 Å². The van der Waals surface area contributed by atoms with Crippen molar-refractivity contribution in [2.45, 2.75) is 19.8 Å². The monoisotopic (exact) mass is 391 g/mol. The van der Waals surface area contributed by atoms with Crippen molar-refractivity contribution in [3.63, 3.8) is 0 Å². The molecule has 1 fully saturated rings. The molecular formula is C18H18ClN3O3S. The third-order valence-corrected chi connectivity index (χ3v) is 5.28. The number of anilines is 1. The molecule has 0 aliphatic carbocycles. The second-order valence-corrected chi connectivity index (χ2v) is 7.48. The average molecular weight is 392 g/mol. The topological polar surface area (TPSA) is 79.4 Å². The molecule has 0 spiro atoms. The van der Waals surface area contributed by atoms with E-state index in [0.717, 1.165) is 6.42 Å². The molecule has 1 aliphatic rings. The molecule has 1 aliphatic heterocycles. The van der Waals surface area contributed by atoms with Crippen molar-refractivity contribution in [1.29, 1.82) is 0 Å². The van der Waals surface area contributed by atoms with E-state index in [4.69, 9.17) is 11.6 Å². The van der Waals surface area contributed by atoms with Gasteiger partial charge in [0.25, 0.3) is 5.91 Å². The molecule has 1 aromatic heterocycles. The summed E-state index contributed by atoms with van der Waals surface area (Å²) in [7, 11) is 0. The lowest BCUT2D eigenvalue weighted by molar-refractivity contribution is -0.121. The van der Waals surface area contributed by atoms with Crippen LogP contribution in [0.1, 0.15) is 40.6 Å². The number of hydrogen-bond acceptors (Lipinski definition) is 5. The van der Waals surface area contributed by atoms with Gasteiger partial charge in [-0.25, -0.2) is 4.98 Å². The highest BCUT2D eigenvalue weighted by Gasteiger charge is 2.29. The van der Waals surface area contributed by atoms with Crippen LogP contribution in [-0.2, 0) is 4.79 Å². The van der Waals surface area contributed by atoms with Crippen molar-refractivity contribution in [3.8, 4) is 0 Å². The molecule has 26 heavy (non-hydrogen) atoms. The summed E-state index contributed by atoms with van der Waals surface area (Å²) in [5, 5.41) is 5.35. The molecule has 1 unspecified atom stereocenters. The lowest BCUT2D eigenvalue weighted by Crippen LogP contribution is -2.43. The molecule has 2 amide bonds. The van der Waals surface area contributed by atoms with E-state index in [1.807, 2.05) is 0 Å². The number of benzene rings is 1. The summed E-state index contributed by atoms with van der Waals surface area (Å²) in [5.41, 5.74) is 0.898. The number of carbonyl (C=O) groups is 3. The summed E-state index contributed by atoms with van der Waals surface area (Å²) < 4.78 is 0. The zero-order chi connectivity index (χ0) is 18.7. The Morgan fingerprint density at radius 1 is 1.27 bits per heavy atom. The molecule has 2 aromatic rings. The fraction of sp³-hybridized carbons (Fsp3) is 0.333. The number of ketones is 1. The number of rotatable bonds is 4. The Morgan fingerprint density at radius 2 is 2.00 bits per heavy atom. The Bertz CT molecular complexity index is 834. The fourth-order valence-electron chi connectivity index (χ4n) is 2.85. The van der Waals surface area contributed by atoms with Crippen LogP contribution in [0.4, 0.5) is 5.13 Å². The molecule has 1 aromatic carbocycles. The summed E-state index contributed by atoms with van der Waals surface area (Å²) in [6.45, 7) is 2.41. The number of halogens is 1. The van der Waals surface area contributed by atoms with E-state index in [2.05, 4.69) is 10.3 Å². The minimum Gasteiger partial charge on any atom is -0.338 e. The van der Waals surface area contributed by atoms with Gasteiger partial charge in [-0.3, -0.25) is 14.4 Å². The molecule has 8 heteroatoms. The van der Waals surface area contributed by atoms with E-state index in [-0.39, 0.29) is 23.5 Å². The summed E-state index contributed by atoms with van der Waals surface area (Å²) in [5.74, 6) is -0.723. The first-order chi connectivity index (χ1) is 12.4. The van der Waals surface area contributed by atoms with Gasteiger partial charge in [0.05, 0.1) is 5.92 Å². The van der Waals surface area contributed by atoms with Crippen molar-refractivity contribution in [2.75, 3.05) is 18.4 Å². The van der Waals surface area contributed by atoms with E-state index < -0.39 is 0 Å². The molecule has 2 heterocycles. The van der Waals surface area contributed by atoms with E-state index in [9.17, 15) is 14.4 Å². The number of aromatic nitrogens is 1. The number of likely N-dealkylation sites (tertiary alicyclic amines) is 1. The Morgan fingerprint density at radius 3 is 2.65 bits per heavy atom. The van der Waals surface area contributed by atoms with Gasteiger partial charge in [0.15, 0.2) is 10.9 Å². The van der Waals surface area contributed by atoms with Crippen LogP contribution in [0, 0.1) is 5.92 Å². The summed E-state index contributed by atoms with van der Waals surface area (Å²) in [4.78, 5) is 42.2. The number of thiazole rings is 1. The van der Waals surface area contributed by atoms with Crippen LogP contribution in [-0.4, -0.2) is 40.6 Å². The standard InChI is InChI=1S/C18H18ClN3O3S/c1-11(23)15-10-26-18(20-15)21-16(24)13-3-2-8-22(9-13)17(25)12-4-6-14(19)7-5-12/h4-7,10,13H,2-3,8-9H2,1H3,(H,20,21,24).